The Balaban J connectivity index is 1.98. The minimum absolute atomic E-state index is 0.278. The molecular weight excluding hydrogens is 339 g/mol. The second-order valence-electron chi connectivity index (χ2n) is 4.18. The van der Waals surface area contributed by atoms with Crippen LogP contribution in [0.4, 0.5) is 21.6 Å². The van der Waals surface area contributed by atoms with Crippen molar-refractivity contribution in [3.05, 3.63) is 53.5 Å². The number of anilines is 3. The number of rotatable bonds is 3. The van der Waals surface area contributed by atoms with Crippen molar-refractivity contribution in [2.24, 2.45) is 0 Å². The van der Waals surface area contributed by atoms with Crippen LogP contribution >= 0.6 is 15.9 Å². The van der Waals surface area contributed by atoms with Gasteiger partial charge in [0.2, 0.25) is 0 Å². The number of aromatic nitrogens is 4. The Morgan fingerprint density at radius 3 is 2.86 bits per heavy atom. The van der Waals surface area contributed by atoms with Crippen LogP contribution in [0.3, 0.4) is 0 Å². The number of hydrogen-bond acceptors (Lipinski definition) is 5. The normalized spacial score (nSPS) is 10.6. The molecule has 0 aliphatic carbocycles. The zero-order valence-electron chi connectivity index (χ0n) is 10.7. The molecule has 106 valence electrons. The second-order valence-corrected chi connectivity index (χ2v) is 5.09. The largest absolute Gasteiger partial charge is 0.393 e. The minimum Gasteiger partial charge on any atom is -0.393 e. The molecule has 0 aliphatic heterocycles. The molecule has 3 N–H and O–H groups in total. The smallest absolute Gasteiger partial charge is 0.166 e. The molecule has 0 fully saturated rings. The Morgan fingerprint density at radius 2 is 2.14 bits per heavy atom. The molecule has 3 aromatic rings. The molecule has 0 unspecified atom stereocenters. The third-order valence-corrected chi connectivity index (χ3v) is 3.29. The first-order valence-electron chi connectivity index (χ1n) is 5.96. The van der Waals surface area contributed by atoms with Crippen molar-refractivity contribution in [2.45, 2.75) is 0 Å². The summed E-state index contributed by atoms with van der Waals surface area (Å²) >= 11 is 3.21. The molecule has 0 atom stereocenters. The first kappa shape index (κ1) is 13.5. The third-order valence-electron chi connectivity index (χ3n) is 2.80. The van der Waals surface area contributed by atoms with Gasteiger partial charge >= 0.3 is 0 Å². The Hall–Kier alpha value is -2.48. The van der Waals surface area contributed by atoms with Crippen LogP contribution < -0.4 is 11.1 Å². The molecule has 2 heterocycles. The summed E-state index contributed by atoms with van der Waals surface area (Å²) in [6, 6.07) is 4.67. The van der Waals surface area contributed by atoms with E-state index in [9.17, 15) is 4.39 Å². The van der Waals surface area contributed by atoms with E-state index in [1.54, 1.807) is 35.4 Å². The van der Waals surface area contributed by atoms with E-state index in [1.165, 1.54) is 12.4 Å². The lowest BCUT2D eigenvalue weighted by Crippen LogP contribution is -2.07. The van der Waals surface area contributed by atoms with Crippen molar-refractivity contribution in [2.75, 3.05) is 11.1 Å². The standard InChI is InChI=1S/C13H10BrFN6/c14-8-1-2-10(9(15)5-8)20-12-11(16)13(19-6-18-12)21-4-3-17-7-21/h1-7H,16H2,(H,18,19,20). The average Bonchev–Trinajstić information content (AvgIpc) is 2.98. The number of nitrogens with zero attached hydrogens (tertiary/aromatic N) is 4. The Labute approximate surface area is 128 Å². The fourth-order valence-corrected chi connectivity index (χ4v) is 2.13. The van der Waals surface area contributed by atoms with Crippen molar-refractivity contribution in [1.29, 1.82) is 0 Å². The van der Waals surface area contributed by atoms with Gasteiger partial charge in [0, 0.05) is 16.9 Å². The van der Waals surface area contributed by atoms with Gasteiger partial charge in [0.25, 0.3) is 0 Å². The Bertz CT molecular complexity index is 774. The van der Waals surface area contributed by atoms with Gasteiger partial charge in [0.05, 0.1) is 5.69 Å². The highest BCUT2D eigenvalue weighted by atomic mass is 79.9. The highest BCUT2D eigenvalue weighted by Crippen LogP contribution is 2.27. The van der Waals surface area contributed by atoms with E-state index < -0.39 is 5.82 Å². The molecule has 8 heteroatoms. The molecule has 0 saturated carbocycles. The van der Waals surface area contributed by atoms with Gasteiger partial charge in [-0.25, -0.2) is 19.3 Å². The number of hydrogen-bond donors (Lipinski definition) is 2. The molecule has 21 heavy (non-hydrogen) atoms. The van der Waals surface area contributed by atoms with Crippen LogP contribution in [-0.4, -0.2) is 19.5 Å². The maximum atomic E-state index is 13.8. The van der Waals surface area contributed by atoms with Crippen LogP contribution in [0.25, 0.3) is 5.82 Å². The molecule has 2 aromatic heterocycles. The van der Waals surface area contributed by atoms with Crippen molar-refractivity contribution in [1.82, 2.24) is 19.5 Å². The summed E-state index contributed by atoms with van der Waals surface area (Å²) in [6.07, 6.45) is 6.25. The third kappa shape index (κ3) is 2.70. The van der Waals surface area contributed by atoms with Crippen LogP contribution in [0.15, 0.2) is 47.7 Å². The SMILES string of the molecule is Nc1c(Nc2ccc(Br)cc2F)ncnc1-n1ccnc1. The van der Waals surface area contributed by atoms with Crippen LogP contribution in [0.5, 0.6) is 0 Å². The van der Waals surface area contributed by atoms with Crippen LogP contribution in [0.1, 0.15) is 0 Å². The molecule has 0 bridgehead atoms. The summed E-state index contributed by atoms with van der Waals surface area (Å²) in [5.74, 6) is 0.393. The number of nitrogen functional groups attached to an aromatic ring is 1. The van der Waals surface area contributed by atoms with Crippen molar-refractivity contribution in [3.63, 3.8) is 0 Å². The van der Waals surface area contributed by atoms with Gasteiger partial charge in [-0.05, 0) is 18.2 Å². The highest BCUT2D eigenvalue weighted by molar-refractivity contribution is 9.10. The summed E-state index contributed by atoms with van der Waals surface area (Å²) < 4.78 is 16.2. The number of halogens is 2. The Kier molecular flexibility index (Phi) is 3.53. The molecule has 0 amide bonds. The molecule has 3 rings (SSSR count). The van der Waals surface area contributed by atoms with E-state index in [2.05, 4.69) is 36.2 Å². The molecular formula is C13H10BrFN6. The lowest BCUT2D eigenvalue weighted by Gasteiger charge is -2.12. The van der Waals surface area contributed by atoms with E-state index in [0.717, 1.165) is 0 Å². The van der Waals surface area contributed by atoms with Gasteiger partial charge in [-0.3, -0.25) is 4.57 Å². The Morgan fingerprint density at radius 1 is 1.29 bits per heavy atom. The highest BCUT2D eigenvalue weighted by Gasteiger charge is 2.11. The first-order chi connectivity index (χ1) is 10.1. The van der Waals surface area contributed by atoms with Crippen molar-refractivity contribution < 1.29 is 4.39 Å². The zero-order chi connectivity index (χ0) is 14.8. The second kappa shape index (κ2) is 5.49. The summed E-state index contributed by atoms with van der Waals surface area (Å²) in [5.41, 5.74) is 6.62. The van der Waals surface area contributed by atoms with Gasteiger partial charge in [-0.1, -0.05) is 15.9 Å². The number of imidazole rings is 1. The molecule has 1 aromatic carbocycles. The van der Waals surface area contributed by atoms with Gasteiger partial charge in [-0.15, -0.1) is 0 Å². The summed E-state index contributed by atoms with van der Waals surface area (Å²) in [4.78, 5) is 12.1. The van der Waals surface area contributed by atoms with E-state index in [0.29, 0.717) is 21.8 Å². The monoisotopic (exact) mass is 348 g/mol. The lowest BCUT2D eigenvalue weighted by molar-refractivity contribution is 0.631. The molecule has 6 nitrogen and oxygen atoms in total. The predicted molar refractivity (Wildman–Crippen MR) is 80.9 cm³/mol. The van der Waals surface area contributed by atoms with E-state index in [1.807, 2.05) is 0 Å². The van der Waals surface area contributed by atoms with E-state index >= 15 is 0 Å². The molecule has 0 saturated heterocycles. The van der Waals surface area contributed by atoms with Gasteiger partial charge in [0.15, 0.2) is 11.6 Å². The molecule has 0 radical (unpaired) electrons. The quantitative estimate of drug-likeness (QED) is 0.760. The van der Waals surface area contributed by atoms with E-state index in [-0.39, 0.29) is 5.69 Å². The van der Waals surface area contributed by atoms with Crippen molar-refractivity contribution >= 4 is 33.1 Å². The van der Waals surface area contributed by atoms with Gasteiger partial charge < -0.3 is 11.1 Å². The molecule has 0 spiro atoms. The average molecular weight is 349 g/mol. The maximum absolute atomic E-state index is 13.8. The van der Waals surface area contributed by atoms with Crippen LogP contribution in [0, 0.1) is 5.82 Å². The number of nitrogens with one attached hydrogen (secondary N) is 1. The van der Waals surface area contributed by atoms with Gasteiger partial charge in [-0.2, -0.15) is 0 Å². The predicted octanol–water partition coefficient (Wildman–Crippen LogP) is 2.89. The maximum Gasteiger partial charge on any atom is 0.166 e. The summed E-state index contributed by atoms with van der Waals surface area (Å²) in [5, 5.41) is 2.86. The zero-order valence-corrected chi connectivity index (χ0v) is 12.2. The fourth-order valence-electron chi connectivity index (χ4n) is 1.79. The van der Waals surface area contributed by atoms with Crippen LogP contribution in [-0.2, 0) is 0 Å². The number of benzene rings is 1. The van der Waals surface area contributed by atoms with Crippen LogP contribution in [0.2, 0.25) is 0 Å². The number of nitrogens with two attached hydrogens (primary N) is 1. The lowest BCUT2D eigenvalue weighted by atomic mass is 10.3. The fraction of sp³-hybridized carbons (Fsp3) is 0. The minimum atomic E-state index is -0.411. The molecule has 0 aliphatic rings. The van der Waals surface area contributed by atoms with E-state index in [4.69, 9.17) is 5.73 Å². The first-order valence-corrected chi connectivity index (χ1v) is 6.75. The topological polar surface area (TPSA) is 81.6 Å². The van der Waals surface area contributed by atoms with Gasteiger partial charge in [0.1, 0.15) is 24.2 Å². The van der Waals surface area contributed by atoms with Crippen molar-refractivity contribution in [3.8, 4) is 5.82 Å². The summed E-state index contributed by atoms with van der Waals surface area (Å²) in [6.45, 7) is 0. The summed E-state index contributed by atoms with van der Waals surface area (Å²) in [7, 11) is 0.